The van der Waals surface area contributed by atoms with Crippen molar-refractivity contribution in [2.24, 2.45) is 0 Å². The Hall–Kier alpha value is -0.600. The fourth-order valence-corrected chi connectivity index (χ4v) is 5.81. The maximum Gasteiger partial charge on any atom is 1.00 e. The van der Waals surface area contributed by atoms with Gasteiger partial charge in [-0.1, -0.05) is 6.92 Å². The van der Waals surface area contributed by atoms with Gasteiger partial charge in [-0.2, -0.15) is 0 Å². The van der Waals surface area contributed by atoms with Crippen LogP contribution in [-0.2, 0) is 23.9 Å². The number of carbonyl (C=O) groups is 3. The van der Waals surface area contributed by atoms with E-state index >= 15 is 0 Å². The quantitative estimate of drug-likeness (QED) is 0.118. The molecule has 208 valence electrons. The van der Waals surface area contributed by atoms with Gasteiger partial charge in [0.25, 0.3) is 0 Å². The molecule has 0 aromatic rings. The first-order valence-corrected chi connectivity index (χ1v) is 12.0. The number of hydrogen-bond acceptors (Lipinski definition) is 14. The number of aliphatic carboxylic acids is 1. The molecule has 0 spiro atoms. The molecule has 0 aromatic heterocycles. The minimum atomic E-state index is -2.39. The van der Waals surface area contributed by atoms with Crippen LogP contribution in [0.2, 0.25) is 0 Å². The summed E-state index contributed by atoms with van der Waals surface area (Å²) in [6, 6.07) is -2.43. The van der Waals surface area contributed by atoms with Crippen LogP contribution in [-0.4, -0.2) is 131 Å². The van der Waals surface area contributed by atoms with Gasteiger partial charge in [-0.05, 0) is 0 Å². The van der Waals surface area contributed by atoms with Crippen molar-refractivity contribution in [3.05, 3.63) is 0 Å². The Morgan fingerprint density at radius 1 is 1.03 bits per heavy atom. The summed E-state index contributed by atoms with van der Waals surface area (Å²) in [4.78, 5) is 33.8. The number of nitrogens with one attached hydrogen (secondary N) is 2. The number of thioether (sulfide) groups is 1. The molecule has 15 nitrogen and oxygen atoms in total. The second-order valence-corrected chi connectivity index (χ2v) is 10.5. The van der Waals surface area contributed by atoms with E-state index < -0.39 is 102 Å². The number of rotatable bonds is 9. The van der Waals surface area contributed by atoms with E-state index in [0.29, 0.717) is 11.8 Å². The van der Waals surface area contributed by atoms with Crippen LogP contribution in [0, 0.1) is 0 Å². The van der Waals surface area contributed by atoms with Gasteiger partial charge >= 0.3 is 29.6 Å². The topological polar surface area (TPSA) is 258 Å². The third-order valence-corrected chi connectivity index (χ3v) is 7.50. The first kappa shape index (κ1) is 34.4. The van der Waals surface area contributed by atoms with E-state index in [1.165, 1.54) is 6.92 Å². The van der Waals surface area contributed by atoms with Crippen molar-refractivity contribution in [1.29, 1.82) is 0 Å². The zero-order valence-electron chi connectivity index (χ0n) is 20.8. The third kappa shape index (κ3) is 7.97. The standard InChI is InChI=1S/C20H34N2O13S.Na/c1-6(16-14(29)13(28)15(30)18(31)34-16)36-20(19(32)33)4-9(21-7(2)24)11(22-8(3)25)17(35-20)12(27)10(26)5-23;/h6,9-18,23,26-31H,4-5H2,1-3H3,(H,21,24)(H,22,25)(H,32,33);/q;+1/p-1/t6?,9-,10?,11-,12?,13-,14+,15+,16+,17-,18+,20-;/m0./s1. The molecule has 0 aromatic carbocycles. The number of aliphatic hydroxyl groups is 7. The third-order valence-electron chi connectivity index (χ3n) is 6.05. The molecule has 12 atom stereocenters. The molecule has 0 aliphatic carbocycles. The molecular weight excluding hydrogens is 531 g/mol. The number of aliphatic hydroxyl groups excluding tert-OH is 7. The number of carboxylic acid groups (broad SMARTS) is 1. The first-order valence-electron chi connectivity index (χ1n) is 11.1. The number of hydrogen-bond donors (Lipinski definition) is 9. The maximum atomic E-state index is 12.4. The van der Waals surface area contributed by atoms with Crippen LogP contribution < -0.4 is 45.3 Å². The molecule has 37 heavy (non-hydrogen) atoms. The van der Waals surface area contributed by atoms with Crippen LogP contribution >= 0.6 is 11.8 Å². The van der Waals surface area contributed by atoms with E-state index in [1.54, 1.807) is 0 Å². The minimum Gasteiger partial charge on any atom is -0.546 e. The molecule has 2 aliphatic rings. The Bertz CT molecular complexity index is 812. The molecule has 0 bridgehead atoms. The van der Waals surface area contributed by atoms with Crippen LogP contribution in [0.25, 0.3) is 0 Å². The Morgan fingerprint density at radius 2 is 1.59 bits per heavy atom. The average molecular weight is 565 g/mol. The molecule has 0 radical (unpaired) electrons. The summed E-state index contributed by atoms with van der Waals surface area (Å²) in [5, 5.41) is 86.1. The van der Waals surface area contributed by atoms with Gasteiger partial charge in [0.05, 0.1) is 24.7 Å². The molecule has 2 rings (SSSR count). The van der Waals surface area contributed by atoms with Crippen molar-refractivity contribution in [2.45, 2.75) is 98.5 Å². The first-order chi connectivity index (χ1) is 16.6. The maximum absolute atomic E-state index is 12.4. The molecule has 0 saturated carbocycles. The summed E-state index contributed by atoms with van der Waals surface area (Å²) >= 11 is 0.492. The summed E-state index contributed by atoms with van der Waals surface area (Å²) in [7, 11) is 0. The number of carbonyl (C=O) groups excluding carboxylic acids is 3. The summed E-state index contributed by atoms with van der Waals surface area (Å²) in [6.07, 6.45) is -14.7. The monoisotopic (exact) mass is 564 g/mol. The van der Waals surface area contributed by atoms with E-state index in [1.807, 2.05) is 0 Å². The second kappa shape index (κ2) is 14.2. The van der Waals surface area contributed by atoms with Crippen LogP contribution in [0.15, 0.2) is 0 Å². The Balaban J connectivity index is 0.00000684. The van der Waals surface area contributed by atoms with E-state index in [-0.39, 0.29) is 29.6 Å². The van der Waals surface area contributed by atoms with Gasteiger partial charge in [0.1, 0.15) is 42.7 Å². The zero-order valence-corrected chi connectivity index (χ0v) is 23.6. The molecular formula is C20H33N2NaO13S. The van der Waals surface area contributed by atoms with Crippen molar-refractivity contribution in [3.8, 4) is 0 Å². The van der Waals surface area contributed by atoms with Crippen LogP contribution in [0.1, 0.15) is 27.2 Å². The molecule has 17 heteroatoms. The van der Waals surface area contributed by atoms with Crippen LogP contribution in [0.5, 0.6) is 0 Å². The Kier molecular flexibility index (Phi) is 13.2. The zero-order chi connectivity index (χ0) is 27.5. The largest absolute Gasteiger partial charge is 1.00 e. The summed E-state index contributed by atoms with van der Waals surface area (Å²) in [5.74, 6) is -3.08. The number of amides is 2. The Morgan fingerprint density at radius 3 is 2.08 bits per heavy atom. The normalized spacial score (nSPS) is 38.4. The van der Waals surface area contributed by atoms with E-state index in [4.69, 9.17) is 9.47 Å². The molecule has 3 unspecified atom stereocenters. The number of ether oxygens (including phenoxy) is 2. The van der Waals surface area contributed by atoms with Gasteiger partial charge in [0.2, 0.25) is 11.8 Å². The molecule has 2 amide bonds. The second-order valence-electron chi connectivity index (χ2n) is 8.89. The molecule has 2 heterocycles. The van der Waals surface area contributed by atoms with Crippen LogP contribution in [0.3, 0.4) is 0 Å². The summed E-state index contributed by atoms with van der Waals surface area (Å²) in [6.45, 7) is 2.68. The van der Waals surface area contributed by atoms with Crippen molar-refractivity contribution < 1.29 is 94.3 Å². The van der Waals surface area contributed by atoms with Gasteiger partial charge in [-0.15, -0.1) is 11.8 Å². The average Bonchev–Trinajstić information content (AvgIpc) is 2.79. The van der Waals surface area contributed by atoms with E-state index in [2.05, 4.69) is 10.6 Å². The van der Waals surface area contributed by atoms with Gasteiger partial charge in [-0.25, -0.2) is 0 Å². The van der Waals surface area contributed by atoms with Gasteiger partial charge in [-0.3, -0.25) is 9.59 Å². The Labute approximate surface area is 238 Å². The summed E-state index contributed by atoms with van der Waals surface area (Å²) < 4.78 is 10.9. The number of carboxylic acids is 1. The summed E-state index contributed by atoms with van der Waals surface area (Å²) in [5.41, 5.74) is 0. The predicted molar refractivity (Wildman–Crippen MR) is 117 cm³/mol. The van der Waals surface area contributed by atoms with Crippen molar-refractivity contribution in [3.63, 3.8) is 0 Å². The van der Waals surface area contributed by atoms with Crippen molar-refractivity contribution >= 4 is 29.5 Å². The van der Waals surface area contributed by atoms with Gasteiger partial charge < -0.3 is 65.8 Å². The molecule has 2 saturated heterocycles. The smallest absolute Gasteiger partial charge is 0.546 e. The minimum absolute atomic E-state index is 0. The predicted octanol–water partition coefficient (Wildman–Crippen LogP) is -9.13. The van der Waals surface area contributed by atoms with Crippen molar-refractivity contribution in [1.82, 2.24) is 10.6 Å². The van der Waals surface area contributed by atoms with E-state index in [0.717, 1.165) is 13.8 Å². The molecule has 9 N–H and O–H groups in total. The van der Waals surface area contributed by atoms with Crippen molar-refractivity contribution in [2.75, 3.05) is 6.61 Å². The van der Waals surface area contributed by atoms with E-state index in [9.17, 15) is 55.2 Å². The van der Waals surface area contributed by atoms with Gasteiger partial charge in [0.15, 0.2) is 11.2 Å². The molecule has 2 fully saturated rings. The fourth-order valence-electron chi connectivity index (χ4n) is 4.31. The SMILES string of the molecule is CC(=O)N[C@H]1[C@@H](NC(C)=O)C[C@](SC(C)[C@H]2O[C@@H](O)[C@H](O)[C@@H](O)[C@H]2O)(C(=O)[O-])O[C@@H]1C(O)C(O)CO.[Na+]. The van der Waals surface area contributed by atoms with Crippen LogP contribution in [0.4, 0.5) is 0 Å². The fraction of sp³-hybridized carbons (Fsp3) is 0.850. The van der Waals surface area contributed by atoms with Gasteiger partial charge in [0, 0.05) is 25.5 Å². The molecule has 2 aliphatic heterocycles.